The van der Waals surface area contributed by atoms with Gasteiger partial charge < -0.3 is 10.2 Å². The van der Waals surface area contributed by atoms with E-state index in [1.165, 1.54) is 18.0 Å². The van der Waals surface area contributed by atoms with Crippen LogP contribution in [-0.2, 0) is 26.2 Å². The van der Waals surface area contributed by atoms with Crippen LogP contribution in [0, 0.1) is 0 Å². The molecule has 0 radical (unpaired) electrons. The fourth-order valence-corrected chi connectivity index (χ4v) is 4.27. The van der Waals surface area contributed by atoms with Gasteiger partial charge in [-0.05, 0) is 42.3 Å². The van der Waals surface area contributed by atoms with Crippen LogP contribution in [0.3, 0.4) is 0 Å². The van der Waals surface area contributed by atoms with Gasteiger partial charge in [0.25, 0.3) is 0 Å². The fraction of sp³-hybridized carbons (Fsp3) is 0.333. The number of amides is 2. The first-order valence-corrected chi connectivity index (χ1v) is 12.2. The summed E-state index contributed by atoms with van der Waals surface area (Å²) in [5.74, 6) is -0.853. The third-order valence-electron chi connectivity index (χ3n) is 4.67. The molecule has 1 atom stereocenters. The molecule has 0 saturated carbocycles. The van der Waals surface area contributed by atoms with Crippen LogP contribution in [-0.4, -0.2) is 51.0 Å². The van der Waals surface area contributed by atoms with Crippen molar-refractivity contribution in [3.8, 4) is 0 Å². The van der Waals surface area contributed by atoms with Crippen LogP contribution < -0.4 is 9.62 Å². The molecule has 1 unspecified atom stereocenters. The third kappa shape index (κ3) is 6.85. The molecule has 7 nitrogen and oxygen atoms in total. The number of hydrogen-bond acceptors (Lipinski definition) is 4. The van der Waals surface area contributed by atoms with Gasteiger partial charge in [0, 0.05) is 23.6 Å². The molecule has 168 valence electrons. The lowest BCUT2D eigenvalue weighted by Crippen LogP contribution is -2.51. The Kier molecular flexibility index (Phi) is 8.73. The second-order valence-corrected chi connectivity index (χ2v) is 9.72. The summed E-state index contributed by atoms with van der Waals surface area (Å²) in [4.78, 5) is 27.2. The minimum Gasteiger partial charge on any atom is -0.357 e. The first-order valence-electron chi connectivity index (χ1n) is 9.55. The number of carbonyl (C=O) groups is 2. The predicted octanol–water partition coefficient (Wildman–Crippen LogP) is 3.31. The van der Waals surface area contributed by atoms with E-state index in [9.17, 15) is 18.0 Å². The van der Waals surface area contributed by atoms with Gasteiger partial charge in [-0.25, -0.2) is 8.42 Å². The number of sulfonamides is 1. The van der Waals surface area contributed by atoms with Gasteiger partial charge in [-0.1, -0.05) is 48.3 Å². The second-order valence-electron chi connectivity index (χ2n) is 6.94. The Bertz CT molecular complexity index is 1030. The highest BCUT2D eigenvalue weighted by Gasteiger charge is 2.31. The lowest BCUT2D eigenvalue weighted by Gasteiger charge is -2.32. The average Bonchev–Trinajstić information content (AvgIpc) is 2.72. The highest BCUT2D eigenvalue weighted by atomic mass is 35.5. The summed E-state index contributed by atoms with van der Waals surface area (Å²) in [6.45, 7) is 1.43. The van der Waals surface area contributed by atoms with Crippen LogP contribution >= 0.6 is 23.2 Å². The summed E-state index contributed by atoms with van der Waals surface area (Å²) < 4.78 is 25.9. The SMILES string of the molecule is CCC(C(=O)NC)N(Cc1ccc(Cl)cc1)C(=O)CN(c1cccc(Cl)c1)S(C)(=O)=O. The second kappa shape index (κ2) is 10.8. The fourth-order valence-electron chi connectivity index (χ4n) is 3.12. The van der Waals surface area contributed by atoms with Crippen molar-refractivity contribution in [1.82, 2.24) is 10.2 Å². The monoisotopic (exact) mass is 485 g/mol. The number of nitrogens with zero attached hydrogens (tertiary/aromatic N) is 2. The van der Waals surface area contributed by atoms with Crippen LogP contribution in [0.1, 0.15) is 18.9 Å². The molecule has 0 spiro atoms. The van der Waals surface area contributed by atoms with Crippen molar-refractivity contribution in [1.29, 1.82) is 0 Å². The summed E-state index contributed by atoms with van der Waals surface area (Å²) in [6, 6.07) is 12.4. The molecule has 10 heteroatoms. The maximum absolute atomic E-state index is 13.3. The van der Waals surface area contributed by atoms with E-state index in [0.29, 0.717) is 16.5 Å². The summed E-state index contributed by atoms with van der Waals surface area (Å²) in [5.41, 5.74) is 1.02. The lowest BCUT2D eigenvalue weighted by molar-refractivity contribution is -0.140. The zero-order chi connectivity index (χ0) is 23.2. The number of anilines is 1. The molecule has 0 fully saturated rings. The standard InChI is InChI=1S/C21H25Cl2N3O4S/c1-4-19(21(28)24-2)25(13-15-8-10-16(22)11-9-15)20(27)14-26(31(3,29)30)18-7-5-6-17(23)12-18/h5-12,19H,4,13-14H2,1-3H3,(H,24,28). The average molecular weight is 486 g/mol. The van der Waals surface area contributed by atoms with Crippen molar-refractivity contribution < 1.29 is 18.0 Å². The Morgan fingerprint density at radius 2 is 1.71 bits per heavy atom. The van der Waals surface area contributed by atoms with Gasteiger partial charge in [-0.15, -0.1) is 0 Å². The van der Waals surface area contributed by atoms with Crippen LogP contribution in [0.2, 0.25) is 10.0 Å². The summed E-state index contributed by atoms with van der Waals surface area (Å²) in [6.07, 6.45) is 1.37. The van der Waals surface area contributed by atoms with Crippen molar-refractivity contribution in [3.05, 3.63) is 64.1 Å². The number of carbonyl (C=O) groups excluding carboxylic acids is 2. The zero-order valence-electron chi connectivity index (χ0n) is 17.5. The van der Waals surface area contributed by atoms with E-state index in [0.717, 1.165) is 16.1 Å². The van der Waals surface area contributed by atoms with Crippen molar-refractivity contribution in [3.63, 3.8) is 0 Å². The lowest BCUT2D eigenvalue weighted by atomic mass is 10.1. The summed E-state index contributed by atoms with van der Waals surface area (Å²) in [5, 5.41) is 3.45. The minimum absolute atomic E-state index is 0.120. The zero-order valence-corrected chi connectivity index (χ0v) is 19.8. The Morgan fingerprint density at radius 3 is 2.23 bits per heavy atom. The molecule has 0 aliphatic heterocycles. The van der Waals surface area contributed by atoms with Crippen LogP contribution in [0.4, 0.5) is 5.69 Å². The Hall–Kier alpha value is -2.29. The quantitative estimate of drug-likeness (QED) is 0.589. The van der Waals surface area contributed by atoms with Gasteiger partial charge in [0.2, 0.25) is 21.8 Å². The van der Waals surface area contributed by atoms with E-state index in [1.807, 2.05) is 0 Å². The first kappa shape index (κ1) is 25.0. The molecule has 31 heavy (non-hydrogen) atoms. The smallest absolute Gasteiger partial charge is 0.244 e. The van der Waals surface area contributed by atoms with Crippen molar-refractivity contribution in [2.45, 2.75) is 25.9 Å². The molecule has 2 rings (SSSR count). The Balaban J connectivity index is 2.41. The molecule has 1 N–H and O–H groups in total. The van der Waals surface area contributed by atoms with Gasteiger partial charge in [0.15, 0.2) is 0 Å². The number of likely N-dealkylation sites (N-methyl/N-ethyl adjacent to an activating group) is 1. The normalized spacial score (nSPS) is 12.2. The molecule has 0 saturated heterocycles. The van der Waals surface area contributed by atoms with E-state index >= 15 is 0 Å². The maximum atomic E-state index is 13.3. The van der Waals surface area contributed by atoms with E-state index in [-0.39, 0.29) is 18.1 Å². The minimum atomic E-state index is -3.79. The Morgan fingerprint density at radius 1 is 1.06 bits per heavy atom. The van der Waals surface area contributed by atoms with Gasteiger partial charge in [0.05, 0.1) is 11.9 Å². The Labute approximate surface area is 193 Å². The predicted molar refractivity (Wildman–Crippen MR) is 124 cm³/mol. The van der Waals surface area contributed by atoms with Gasteiger partial charge >= 0.3 is 0 Å². The number of hydrogen-bond donors (Lipinski definition) is 1. The largest absolute Gasteiger partial charge is 0.357 e. The maximum Gasteiger partial charge on any atom is 0.244 e. The van der Waals surface area contributed by atoms with Crippen LogP contribution in [0.15, 0.2) is 48.5 Å². The first-order chi connectivity index (χ1) is 14.6. The molecule has 2 aromatic rings. The van der Waals surface area contributed by atoms with Crippen LogP contribution in [0.5, 0.6) is 0 Å². The van der Waals surface area contributed by atoms with Crippen molar-refractivity contribution >= 4 is 50.7 Å². The van der Waals surface area contributed by atoms with Gasteiger partial charge in [-0.3, -0.25) is 13.9 Å². The van der Waals surface area contributed by atoms with Crippen molar-refractivity contribution in [2.24, 2.45) is 0 Å². The van der Waals surface area contributed by atoms with E-state index in [2.05, 4.69) is 5.32 Å². The molecule has 2 amide bonds. The highest BCUT2D eigenvalue weighted by molar-refractivity contribution is 7.92. The molecule has 2 aromatic carbocycles. The van der Waals surface area contributed by atoms with Crippen molar-refractivity contribution in [2.75, 3.05) is 24.2 Å². The molecule has 0 bridgehead atoms. The van der Waals surface area contributed by atoms with E-state index < -0.39 is 28.5 Å². The number of rotatable bonds is 9. The summed E-state index contributed by atoms with van der Waals surface area (Å²) >= 11 is 12.0. The molecule has 0 aliphatic rings. The van der Waals surface area contributed by atoms with Gasteiger partial charge in [0.1, 0.15) is 12.6 Å². The van der Waals surface area contributed by atoms with E-state index in [4.69, 9.17) is 23.2 Å². The summed E-state index contributed by atoms with van der Waals surface area (Å²) in [7, 11) is -2.30. The topological polar surface area (TPSA) is 86.8 Å². The highest BCUT2D eigenvalue weighted by Crippen LogP contribution is 2.23. The molecule has 0 aromatic heterocycles. The molecular weight excluding hydrogens is 461 g/mol. The number of nitrogens with one attached hydrogen (secondary N) is 1. The number of benzene rings is 2. The molecule has 0 aliphatic carbocycles. The number of halogens is 2. The molecular formula is C21H25Cl2N3O4S. The molecule has 0 heterocycles. The third-order valence-corrected chi connectivity index (χ3v) is 6.30. The van der Waals surface area contributed by atoms with Crippen LogP contribution in [0.25, 0.3) is 0 Å². The van der Waals surface area contributed by atoms with E-state index in [1.54, 1.807) is 49.4 Å². The van der Waals surface area contributed by atoms with Gasteiger partial charge in [-0.2, -0.15) is 0 Å².